The highest BCUT2D eigenvalue weighted by Gasteiger charge is 2.15. The molecule has 0 aliphatic carbocycles. The van der Waals surface area contributed by atoms with E-state index >= 15 is 0 Å². The summed E-state index contributed by atoms with van der Waals surface area (Å²) in [5.74, 6) is 0.934. The van der Waals surface area contributed by atoms with Crippen LogP contribution in [0.15, 0.2) is 48.5 Å². The minimum atomic E-state index is 0.286. The van der Waals surface area contributed by atoms with Crippen molar-refractivity contribution >= 4 is 0 Å². The van der Waals surface area contributed by atoms with Gasteiger partial charge in [-0.2, -0.15) is 0 Å². The zero-order valence-electron chi connectivity index (χ0n) is 12.1. The van der Waals surface area contributed by atoms with Crippen LogP contribution in [-0.2, 0) is 11.3 Å². The normalized spacial score (nSPS) is 15.9. The quantitative estimate of drug-likeness (QED) is 0.935. The molecule has 3 nitrogen and oxygen atoms in total. The van der Waals surface area contributed by atoms with E-state index in [-0.39, 0.29) is 6.10 Å². The predicted octanol–water partition coefficient (Wildman–Crippen LogP) is 3.37. The summed E-state index contributed by atoms with van der Waals surface area (Å²) in [4.78, 5) is 0. The molecule has 110 valence electrons. The van der Waals surface area contributed by atoms with Crippen LogP contribution in [0.3, 0.4) is 0 Å². The van der Waals surface area contributed by atoms with Crippen LogP contribution in [0.2, 0.25) is 0 Å². The summed E-state index contributed by atoms with van der Waals surface area (Å²) >= 11 is 0. The molecule has 0 saturated carbocycles. The predicted molar refractivity (Wildman–Crippen MR) is 84.2 cm³/mol. The molecule has 0 unspecified atom stereocenters. The van der Waals surface area contributed by atoms with Crippen LogP contribution in [0.25, 0.3) is 11.1 Å². The average molecular weight is 283 g/mol. The Bertz CT molecular complexity index is 557. The number of hydrogen-bond donors (Lipinski definition) is 1. The van der Waals surface area contributed by atoms with Gasteiger partial charge in [0, 0.05) is 19.4 Å². The Hall–Kier alpha value is -1.84. The van der Waals surface area contributed by atoms with Gasteiger partial charge in [-0.05, 0) is 28.8 Å². The molecule has 3 heteroatoms. The lowest BCUT2D eigenvalue weighted by Crippen LogP contribution is -2.25. The summed E-state index contributed by atoms with van der Waals surface area (Å²) in [5, 5.41) is 0. The molecule has 1 aliphatic heterocycles. The molecule has 1 fully saturated rings. The lowest BCUT2D eigenvalue weighted by molar-refractivity contribution is 0.0256. The Morgan fingerprint density at radius 2 is 1.48 bits per heavy atom. The first kappa shape index (κ1) is 14.1. The lowest BCUT2D eigenvalue weighted by Gasteiger charge is -2.23. The van der Waals surface area contributed by atoms with Gasteiger partial charge in [-0.25, -0.2) is 0 Å². The van der Waals surface area contributed by atoms with E-state index in [1.165, 1.54) is 11.1 Å². The van der Waals surface area contributed by atoms with Crippen LogP contribution in [0.1, 0.15) is 18.4 Å². The van der Waals surface area contributed by atoms with Crippen LogP contribution < -0.4 is 10.5 Å². The maximum absolute atomic E-state index is 5.99. The molecule has 2 N–H and O–H groups in total. The number of ether oxygens (including phenoxy) is 2. The summed E-state index contributed by atoms with van der Waals surface area (Å²) in [5.41, 5.74) is 9.16. The zero-order chi connectivity index (χ0) is 14.5. The van der Waals surface area contributed by atoms with E-state index < -0.39 is 0 Å². The largest absolute Gasteiger partial charge is 0.490 e. The zero-order valence-corrected chi connectivity index (χ0v) is 12.1. The van der Waals surface area contributed by atoms with Crippen molar-refractivity contribution in [2.75, 3.05) is 13.2 Å². The SMILES string of the molecule is NCc1ccc(-c2ccc(OC3CCOCC3)cc2)cc1. The topological polar surface area (TPSA) is 44.5 Å². The molecule has 1 heterocycles. The van der Waals surface area contributed by atoms with Gasteiger partial charge < -0.3 is 15.2 Å². The number of nitrogens with two attached hydrogens (primary N) is 1. The molecule has 21 heavy (non-hydrogen) atoms. The van der Waals surface area contributed by atoms with Crippen molar-refractivity contribution in [3.05, 3.63) is 54.1 Å². The van der Waals surface area contributed by atoms with Gasteiger partial charge in [0.2, 0.25) is 0 Å². The standard InChI is InChI=1S/C18H21NO2/c19-13-14-1-3-15(4-2-14)16-5-7-17(8-6-16)21-18-9-11-20-12-10-18/h1-8,18H,9-13,19H2. The van der Waals surface area contributed by atoms with Gasteiger partial charge in [-0.3, -0.25) is 0 Å². The van der Waals surface area contributed by atoms with Gasteiger partial charge in [0.25, 0.3) is 0 Å². The maximum atomic E-state index is 5.99. The summed E-state index contributed by atoms with van der Waals surface area (Å²) < 4.78 is 11.3. The highest BCUT2D eigenvalue weighted by Crippen LogP contribution is 2.24. The van der Waals surface area contributed by atoms with Crippen molar-refractivity contribution in [2.24, 2.45) is 5.73 Å². The second kappa shape index (κ2) is 6.74. The number of rotatable bonds is 4. The molecule has 2 aromatic carbocycles. The first-order valence-electron chi connectivity index (χ1n) is 7.49. The van der Waals surface area contributed by atoms with Crippen LogP contribution in [0, 0.1) is 0 Å². The second-order valence-electron chi connectivity index (χ2n) is 5.36. The van der Waals surface area contributed by atoms with E-state index in [0.717, 1.165) is 37.4 Å². The van der Waals surface area contributed by atoms with Gasteiger partial charge in [-0.1, -0.05) is 36.4 Å². The monoisotopic (exact) mass is 283 g/mol. The first-order chi connectivity index (χ1) is 10.3. The van der Waals surface area contributed by atoms with Gasteiger partial charge in [-0.15, -0.1) is 0 Å². The van der Waals surface area contributed by atoms with Gasteiger partial charge in [0.15, 0.2) is 0 Å². The van der Waals surface area contributed by atoms with Gasteiger partial charge in [0.05, 0.1) is 13.2 Å². The highest BCUT2D eigenvalue weighted by atomic mass is 16.5. The molecular weight excluding hydrogens is 262 g/mol. The molecule has 0 spiro atoms. The summed E-state index contributed by atoms with van der Waals surface area (Å²) in [7, 11) is 0. The fourth-order valence-corrected chi connectivity index (χ4v) is 2.55. The third-order valence-corrected chi connectivity index (χ3v) is 3.85. The van der Waals surface area contributed by atoms with Crippen LogP contribution in [0.4, 0.5) is 0 Å². The van der Waals surface area contributed by atoms with Crippen molar-refractivity contribution in [1.29, 1.82) is 0 Å². The smallest absolute Gasteiger partial charge is 0.119 e. The van der Waals surface area contributed by atoms with E-state index in [4.69, 9.17) is 15.2 Å². The average Bonchev–Trinajstić information content (AvgIpc) is 2.57. The molecule has 0 aromatic heterocycles. The molecule has 1 aliphatic rings. The summed E-state index contributed by atoms with van der Waals surface area (Å²) in [6.45, 7) is 2.19. The summed E-state index contributed by atoms with van der Waals surface area (Å²) in [6.07, 6.45) is 2.23. The molecule has 0 bridgehead atoms. The Morgan fingerprint density at radius 1 is 0.905 bits per heavy atom. The Morgan fingerprint density at radius 3 is 2.05 bits per heavy atom. The minimum absolute atomic E-state index is 0.286. The van der Waals surface area contributed by atoms with E-state index in [0.29, 0.717) is 6.54 Å². The van der Waals surface area contributed by atoms with Crippen molar-refractivity contribution in [3.63, 3.8) is 0 Å². The Labute approximate surface area is 125 Å². The third-order valence-electron chi connectivity index (χ3n) is 3.85. The Balaban J connectivity index is 1.67. The molecule has 3 rings (SSSR count). The first-order valence-corrected chi connectivity index (χ1v) is 7.49. The van der Waals surface area contributed by atoms with Crippen LogP contribution in [-0.4, -0.2) is 19.3 Å². The lowest BCUT2D eigenvalue weighted by atomic mass is 10.0. The van der Waals surface area contributed by atoms with Crippen molar-refractivity contribution in [2.45, 2.75) is 25.5 Å². The fraction of sp³-hybridized carbons (Fsp3) is 0.333. The molecule has 1 saturated heterocycles. The highest BCUT2D eigenvalue weighted by molar-refractivity contribution is 5.64. The summed E-state index contributed by atoms with van der Waals surface area (Å²) in [6, 6.07) is 16.7. The van der Waals surface area contributed by atoms with E-state index in [1.807, 2.05) is 12.1 Å². The molecule has 0 amide bonds. The van der Waals surface area contributed by atoms with Gasteiger partial charge in [0.1, 0.15) is 11.9 Å². The molecule has 0 atom stereocenters. The number of benzene rings is 2. The fourth-order valence-electron chi connectivity index (χ4n) is 2.55. The van der Waals surface area contributed by atoms with Crippen LogP contribution >= 0.6 is 0 Å². The second-order valence-corrected chi connectivity index (χ2v) is 5.36. The molecule has 0 radical (unpaired) electrons. The van der Waals surface area contributed by atoms with E-state index in [9.17, 15) is 0 Å². The van der Waals surface area contributed by atoms with Crippen molar-refractivity contribution in [1.82, 2.24) is 0 Å². The molecular formula is C18H21NO2. The van der Waals surface area contributed by atoms with Gasteiger partial charge >= 0.3 is 0 Å². The van der Waals surface area contributed by atoms with E-state index in [1.54, 1.807) is 0 Å². The Kier molecular flexibility index (Phi) is 4.53. The van der Waals surface area contributed by atoms with E-state index in [2.05, 4.69) is 36.4 Å². The number of hydrogen-bond acceptors (Lipinski definition) is 3. The maximum Gasteiger partial charge on any atom is 0.119 e. The van der Waals surface area contributed by atoms with Crippen molar-refractivity contribution in [3.8, 4) is 16.9 Å². The third kappa shape index (κ3) is 3.63. The molecule has 2 aromatic rings. The minimum Gasteiger partial charge on any atom is -0.490 e. The van der Waals surface area contributed by atoms with Crippen molar-refractivity contribution < 1.29 is 9.47 Å². The van der Waals surface area contributed by atoms with Crippen LogP contribution in [0.5, 0.6) is 5.75 Å².